The number of hydrogen-bond donors (Lipinski definition) is 0. The molecule has 0 N–H and O–H groups in total. The van der Waals surface area contributed by atoms with Gasteiger partial charge in [0.1, 0.15) is 0 Å². The van der Waals surface area contributed by atoms with Gasteiger partial charge in [-0.3, -0.25) is 4.79 Å². The predicted molar refractivity (Wildman–Crippen MR) is 151 cm³/mol. The van der Waals surface area contributed by atoms with Gasteiger partial charge in [-0.1, -0.05) is 104 Å². The first-order valence-electron chi connectivity index (χ1n) is 12.5. The van der Waals surface area contributed by atoms with Crippen molar-refractivity contribution in [3.63, 3.8) is 0 Å². The standard InChI is InChI=1S/C20H20N4OS.4C2H6/c1-3-8-16-17(4-2)24(14-21)20(22-16)26-13-19(25)23-12-7-10-15-9-5-6-11-18(15)23;4*1-2/h3-6,8-9,11H,1,7,10,12-13H2,2H3;4*1-2H3/b16-8+,17-4+;;;;. The minimum atomic E-state index is 0.0333. The fourth-order valence-corrected chi connectivity index (χ4v) is 3.97. The second-order valence-electron chi connectivity index (χ2n) is 5.86. The van der Waals surface area contributed by atoms with Crippen LogP contribution in [0.2, 0.25) is 0 Å². The lowest BCUT2D eigenvalue weighted by molar-refractivity contribution is -0.116. The Kier molecular flexibility index (Phi) is 20.4. The molecule has 2 aromatic rings. The van der Waals surface area contributed by atoms with Gasteiger partial charge in [0.15, 0.2) is 11.3 Å². The summed E-state index contributed by atoms with van der Waals surface area (Å²) in [6.07, 6.45) is 9.34. The average Bonchev–Trinajstić information content (AvgIpc) is 3.27. The van der Waals surface area contributed by atoms with Gasteiger partial charge in [-0.05, 0) is 37.5 Å². The van der Waals surface area contributed by atoms with Crippen molar-refractivity contribution in [3.05, 3.63) is 53.2 Å². The van der Waals surface area contributed by atoms with Gasteiger partial charge in [-0.25, -0.2) is 9.55 Å². The zero-order chi connectivity index (χ0) is 26.5. The Morgan fingerprint density at radius 2 is 1.76 bits per heavy atom. The van der Waals surface area contributed by atoms with Crippen LogP contribution in [-0.2, 0) is 11.2 Å². The highest BCUT2D eigenvalue weighted by molar-refractivity contribution is 7.99. The molecule has 0 bridgehead atoms. The van der Waals surface area contributed by atoms with Crippen molar-refractivity contribution >= 4 is 35.5 Å². The molecular weight excluding hydrogens is 440 g/mol. The third-order valence-corrected chi connectivity index (χ3v) is 5.22. The quantitative estimate of drug-likeness (QED) is 0.488. The van der Waals surface area contributed by atoms with Gasteiger partial charge in [0.2, 0.25) is 5.91 Å². The van der Waals surface area contributed by atoms with E-state index in [2.05, 4.69) is 23.8 Å². The second-order valence-corrected chi connectivity index (χ2v) is 6.80. The van der Waals surface area contributed by atoms with Gasteiger partial charge in [0.05, 0.1) is 16.5 Å². The van der Waals surface area contributed by atoms with Crippen molar-refractivity contribution in [3.8, 4) is 6.19 Å². The van der Waals surface area contributed by atoms with Crippen molar-refractivity contribution in [2.45, 2.75) is 80.3 Å². The van der Waals surface area contributed by atoms with E-state index < -0.39 is 0 Å². The van der Waals surface area contributed by atoms with Crippen molar-refractivity contribution in [1.82, 2.24) is 9.55 Å². The monoisotopic (exact) mass is 484 g/mol. The fraction of sp³-hybridized carbons (Fsp3) is 0.464. The molecule has 0 unspecified atom stereocenters. The number of rotatable bonds is 4. The molecule has 1 aromatic heterocycles. The minimum Gasteiger partial charge on any atom is -0.311 e. The van der Waals surface area contributed by atoms with Crippen LogP contribution < -0.4 is 15.6 Å². The van der Waals surface area contributed by atoms with E-state index in [-0.39, 0.29) is 11.7 Å². The number of benzene rings is 1. The van der Waals surface area contributed by atoms with Gasteiger partial charge in [-0.15, -0.1) is 0 Å². The van der Waals surface area contributed by atoms with Crippen LogP contribution >= 0.6 is 11.8 Å². The van der Waals surface area contributed by atoms with Gasteiger partial charge in [0.25, 0.3) is 0 Å². The van der Waals surface area contributed by atoms with Crippen molar-refractivity contribution in [2.75, 3.05) is 17.2 Å². The Morgan fingerprint density at radius 3 is 2.32 bits per heavy atom. The topological polar surface area (TPSA) is 61.9 Å². The first kappa shape index (κ1) is 33.4. The molecule has 34 heavy (non-hydrogen) atoms. The molecule has 188 valence electrons. The van der Waals surface area contributed by atoms with E-state index in [1.54, 1.807) is 12.2 Å². The van der Waals surface area contributed by atoms with Crippen LogP contribution in [0, 0.1) is 11.5 Å². The fourth-order valence-electron chi connectivity index (χ4n) is 3.13. The Hall–Kier alpha value is -2.78. The number of thioether (sulfide) groups is 1. The van der Waals surface area contributed by atoms with E-state index in [9.17, 15) is 10.1 Å². The molecule has 2 heterocycles. The molecule has 6 heteroatoms. The molecule has 1 aliphatic heterocycles. The Bertz CT molecular complexity index is 1000. The summed E-state index contributed by atoms with van der Waals surface area (Å²) in [6.45, 7) is 22.3. The third-order valence-electron chi connectivity index (χ3n) is 4.30. The molecule has 3 rings (SSSR count). The van der Waals surface area contributed by atoms with E-state index in [1.807, 2.05) is 91.5 Å². The highest BCUT2D eigenvalue weighted by Crippen LogP contribution is 2.27. The van der Waals surface area contributed by atoms with Gasteiger partial charge >= 0.3 is 0 Å². The number of para-hydroxylation sites is 1. The number of nitriles is 1. The molecule has 0 fully saturated rings. The maximum Gasteiger partial charge on any atom is 0.237 e. The first-order chi connectivity index (χ1) is 16.7. The summed E-state index contributed by atoms with van der Waals surface area (Å²) in [5, 5.41) is 11.4. The first-order valence-corrected chi connectivity index (χ1v) is 13.5. The molecule has 1 amide bonds. The highest BCUT2D eigenvalue weighted by atomic mass is 32.2. The smallest absolute Gasteiger partial charge is 0.237 e. The predicted octanol–water partition coefficient (Wildman–Crippen LogP) is 6.16. The van der Waals surface area contributed by atoms with E-state index in [0.717, 1.165) is 25.1 Å². The lowest BCUT2D eigenvalue weighted by Gasteiger charge is -2.29. The number of nitrogens with zero attached hydrogens (tertiary/aromatic N) is 4. The van der Waals surface area contributed by atoms with Crippen LogP contribution in [0.15, 0.2) is 42.1 Å². The molecule has 0 saturated carbocycles. The van der Waals surface area contributed by atoms with E-state index in [0.29, 0.717) is 15.9 Å². The molecule has 0 saturated heterocycles. The van der Waals surface area contributed by atoms with Gasteiger partial charge < -0.3 is 4.90 Å². The number of hydrogen-bond acceptors (Lipinski definition) is 4. The van der Waals surface area contributed by atoms with Crippen LogP contribution in [0.3, 0.4) is 0 Å². The summed E-state index contributed by atoms with van der Waals surface area (Å²) in [5.41, 5.74) is 2.21. The van der Waals surface area contributed by atoms with E-state index in [1.165, 1.54) is 21.9 Å². The summed E-state index contributed by atoms with van der Waals surface area (Å²) in [6, 6.07) is 8.03. The van der Waals surface area contributed by atoms with Crippen LogP contribution in [0.25, 0.3) is 12.2 Å². The number of carbonyl (C=O) groups excluding carboxylic acids is 1. The number of aromatic nitrogens is 2. The lowest BCUT2D eigenvalue weighted by Crippen LogP contribution is -2.36. The Labute approximate surface area is 211 Å². The van der Waals surface area contributed by atoms with Crippen LogP contribution in [0.1, 0.15) is 74.3 Å². The summed E-state index contributed by atoms with van der Waals surface area (Å²) < 4.78 is 1.46. The van der Waals surface area contributed by atoms with E-state index >= 15 is 0 Å². The van der Waals surface area contributed by atoms with Crippen molar-refractivity contribution in [2.24, 2.45) is 0 Å². The minimum absolute atomic E-state index is 0.0333. The zero-order valence-electron chi connectivity index (χ0n) is 22.7. The third kappa shape index (κ3) is 9.23. The summed E-state index contributed by atoms with van der Waals surface area (Å²) >= 11 is 1.29. The molecule has 0 spiro atoms. The number of allylic oxidation sites excluding steroid dienone is 1. The summed E-state index contributed by atoms with van der Waals surface area (Å²) in [7, 11) is 0. The van der Waals surface area contributed by atoms with Gasteiger partial charge in [-0.2, -0.15) is 5.26 Å². The van der Waals surface area contributed by atoms with Gasteiger partial charge in [0, 0.05) is 12.2 Å². The maximum absolute atomic E-state index is 12.8. The normalized spacial score (nSPS) is 12.1. The van der Waals surface area contributed by atoms with Crippen LogP contribution in [0.4, 0.5) is 5.69 Å². The molecule has 1 aliphatic rings. The Balaban J connectivity index is 0. The largest absolute Gasteiger partial charge is 0.311 e. The number of amides is 1. The SMILES string of the molecule is C=C/C=c1/nc(SCC(=O)N2CCCc3ccccc32)n(C#N)/c1=C/C.CC.CC.CC.CC. The number of aryl methyl sites for hydroxylation is 1. The molecule has 0 aliphatic carbocycles. The van der Waals surface area contributed by atoms with Crippen molar-refractivity contribution in [1.29, 1.82) is 5.26 Å². The Morgan fingerprint density at radius 1 is 1.15 bits per heavy atom. The zero-order valence-corrected chi connectivity index (χ0v) is 23.5. The van der Waals surface area contributed by atoms with Crippen LogP contribution in [-0.4, -0.2) is 27.8 Å². The summed E-state index contributed by atoms with van der Waals surface area (Å²) in [4.78, 5) is 19.1. The lowest BCUT2D eigenvalue weighted by atomic mass is 10.0. The number of imidazole rings is 1. The molecule has 0 radical (unpaired) electrons. The molecular formula is C28H44N4OS. The average molecular weight is 485 g/mol. The molecule has 5 nitrogen and oxygen atoms in total. The number of anilines is 1. The molecule has 1 aromatic carbocycles. The number of fused-ring (bicyclic) bond motifs is 1. The maximum atomic E-state index is 12.8. The second kappa shape index (κ2) is 20.8. The molecule has 0 atom stereocenters. The van der Waals surface area contributed by atoms with Crippen molar-refractivity contribution < 1.29 is 4.79 Å². The number of carbonyl (C=O) groups is 1. The van der Waals surface area contributed by atoms with E-state index in [4.69, 9.17) is 0 Å². The summed E-state index contributed by atoms with van der Waals surface area (Å²) in [5.74, 6) is 0.273. The highest BCUT2D eigenvalue weighted by Gasteiger charge is 2.22. The van der Waals surface area contributed by atoms with Crippen LogP contribution in [0.5, 0.6) is 0 Å².